The molecule has 0 spiro atoms. The summed E-state index contributed by atoms with van der Waals surface area (Å²) < 4.78 is 5.43. The third-order valence-electron chi connectivity index (χ3n) is 4.22. The molecular formula is C17H16N4O2S. The lowest BCUT2D eigenvalue weighted by molar-refractivity contribution is 0.0995. The maximum Gasteiger partial charge on any atom is 0.293 e. The van der Waals surface area contributed by atoms with Gasteiger partial charge in [-0.1, -0.05) is 29.5 Å². The second kappa shape index (κ2) is 6.09. The number of furan rings is 1. The van der Waals surface area contributed by atoms with Crippen molar-refractivity contribution in [3.05, 3.63) is 59.0 Å². The van der Waals surface area contributed by atoms with Crippen molar-refractivity contribution in [1.82, 2.24) is 10.2 Å². The molecule has 6 nitrogen and oxygen atoms in total. The molecule has 122 valence electrons. The van der Waals surface area contributed by atoms with Crippen LogP contribution < -0.4 is 10.2 Å². The minimum atomic E-state index is -0.299. The number of carbonyl (C=O) groups is 1. The van der Waals surface area contributed by atoms with Crippen LogP contribution in [0.3, 0.4) is 0 Å². The van der Waals surface area contributed by atoms with Crippen molar-refractivity contribution in [2.45, 2.75) is 25.9 Å². The summed E-state index contributed by atoms with van der Waals surface area (Å²) in [4.78, 5) is 14.7. The Hall–Kier alpha value is -2.67. The number of aromatic nitrogens is 2. The lowest BCUT2D eigenvalue weighted by Gasteiger charge is -2.24. The molecule has 0 radical (unpaired) electrons. The Balaban J connectivity index is 1.56. The van der Waals surface area contributed by atoms with Crippen LogP contribution in [0.1, 0.15) is 28.6 Å². The highest BCUT2D eigenvalue weighted by Gasteiger charge is 2.27. The van der Waals surface area contributed by atoms with E-state index in [1.54, 1.807) is 11.8 Å². The van der Waals surface area contributed by atoms with Gasteiger partial charge < -0.3 is 9.32 Å². The zero-order chi connectivity index (χ0) is 16.5. The molecule has 1 N–H and O–H groups in total. The van der Waals surface area contributed by atoms with E-state index >= 15 is 0 Å². The van der Waals surface area contributed by atoms with Crippen molar-refractivity contribution >= 4 is 28.1 Å². The fourth-order valence-corrected chi connectivity index (χ4v) is 3.53. The average molecular weight is 340 g/mol. The number of para-hydroxylation sites is 1. The topological polar surface area (TPSA) is 71.3 Å². The van der Waals surface area contributed by atoms with E-state index in [1.807, 2.05) is 12.1 Å². The van der Waals surface area contributed by atoms with Gasteiger partial charge in [0.2, 0.25) is 5.13 Å². The van der Waals surface area contributed by atoms with Crippen molar-refractivity contribution in [3.63, 3.8) is 0 Å². The molecule has 0 aliphatic carbocycles. The number of carbonyl (C=O) groups excluding carboxylic acids is 1. The summed E-state index contributed by atoms with van der Waals surface area (Å²) in [7, 11) is 0. The molecule has 1 aliphatic heterocycles. The van der Waals surface area contributed by atoms with Crippen LogP contribution in [0.4, 0.5) is 10.8 Å². The number of fused-ring (bicyclic) bond motifs is 1. The second-order valence-corrected chi connectivity index (χ2v) is 6.62. The summed E-state index contributed by atoms with van der Waals surface area (Å²) in [6.45, 7) is 2.83. The Kier molecular flexibility index (Phi) is 3.78. The van der Waals surface area contributed by atoms with E-state index in [0.717, 1.165) is 12.0 Å². The van der Waals surface area contributed by atoms with Crippen LogP contribution in [0.2, 0.25) is 0 Å². The van der Waals surface area contributed by atoms with Crippen molar-refractivity contribution in [2.75, 3.05) is 10.2 Å². The van der Waals surface area contributed by atoms with Crippen molar-refractivity contribution in [3.8, 4) is 0 Å². The van der Waals surface area contributed by atoms with Gasteiger partial charge in [-0.05, 0) is 31.0 Å². The van der Waals surface area contributed by atoms with Gasteiger partial charge in [-0.2, -0.15) is 0 Å². The van der Waals surface area contributed by atoms with E-state index < -0.39 is 0 Å². The van der Waals surface area contributed by atoms with Crippen LogP contribution in [0, 0.1) is 0 Å². The van der Waals surface area contributed by atoms with Crippen LogP contribution in [0.5, 0.6) is 0 Å². The summed E-state index contributed by atoms with van der Waals surface area (Å²) in [5, 5.41) is 10.7. The molecule has 3 heterocycles. The Morgan fingerprint density at radius 1 is 1.42 bits per heavy atom. The number of hydrogen-bond acceptors (Lipinski definition) is 6. The van der Waals surface area contributed by atoms with E-state index in [9.17, 15) is 4.79 Å². The van der Waals surface area contributed by atoms with Gasteiger partial charge in [0.1, 0.15) is 5.51 Å². The molecule has 1 aliphatic rings. The van der Waals surface area contributed by atoms with Crippen LogP contribution in [0.25, 0.3) is 0 Å². The van der Waals surface area contributed by atoms with E-state index in [2.05, 4.69) is 45.5 Å². The quantitative estimate of drug-likeness (QED) is 0.789. The molecular weight excluding hydrogens is 324 g/mol. The standard InChI is InChI=1S/C17H16N4O2S/c1-11-8-12-4-2-3-5-14(12)21(11)9-13-6-7-23-15(13)16(22)19-17-20-18-10-24-17/h2-7,10-11H,8-9H2,1H3,(H,19,20,22)/t11-/m1/s1. The molecule has 1 amide bonds. The number of benzene rings is 1. The minimum absolute atomic E-state index is 0.299. The van der Waals surface area contributed by atoms with Crippen molar-refractivity contribution in [2.24, 2.45) is 0 Å². The first kappa shape index (κ1) is 14.9. The Labute approximate surface area is 143 Å². The molecule has 0 saturated carbocycles. The van der Waals surface area contributed by atoms with Gasteiger partial charge in [0.05, 0.1) is 6.26 Å². The molecule has 24 heavy (non-hydrogen) atoms. The van der Waals surface area contributed by atoms with Crippen LogP contribution in [-0.4, -0.2) is 22.1 Å². The first-order valence-electron chi connectivity index (χ1n) is 7.71. The van der Waals surface area contributed by atoms with E-state index in [1.165, 1.54) is 22.6 Å². The normalized spacial score (nSPS) is 16.2. The maximum atomic E-state index is 12.4. The molecule has 3 aromatic rings. The van der Waals surface area contributed by atoms with Crippen LogP contribution in [-0.2, 0) is 13.0 Å². The first-order chi connectivity index (χ1) is 11.7. The third-order valence-corrected chi connectivity index (χ3v) is 4.83. The summed E-state index contributed by atoms with van der Waals surface area (Å²) in [5.41, 5.74) is 5.00. The van der Waals surface area contributed by atoms with Crippen LogP contribution >= 0.6 is 11.3 Å². The molecule has 0 fully saturated rings. The van der Waals surface area contributed by atoms with Gasteiger partial charge in [0.25, 0.3) is 5.91 Å². The van der Waals surface area contributed by atoms with Gasteiger partial charge in [-0.3, -0.25) is 10.1 Å². The fourth-order valence-electron chi connectivity index (χ4n) is 3.09. The SMILES string of the molecule is C[C@@H]1Cc2ccccc2N1Cc1ccoc1C(=O)Nc1nncs1. The van der Waals surface area contributed by atoms with Gasteiger partial charge in [-0.15, -0.1) is 10.2 Å². The molecule has 1 atom stereocenters. The van der Waals surface area contributed by atoms with Crippen LogP contribution in [0.15, 0.2) is 46.5 Å². The number of nitrogens with zero attached hydrogens (tertiary/aromatic N) is 3. The number of rotatable bonds is 4. The number of anilines is 2. The van der Waals surface area contributed by atoms with Crippen molar-refractivity contribution < 1.29 is 9.21 Å². The average Bonchev–Trinajstić information content (AvgIpc) is 3.29. The van der Waals surface area contributed by atoms with E-state index in [-0.39, 0.29) is 5.91 Å². The molecule has 0 saturated heterocycles. The summed E-state index contributed by atoms with van der Waals surface area (Å²) >= 11 is 1.27. The maximum absolute atomic E-state index is 12.4. The number of hydrogen-bond donors (Lipinski definition) is 1. The summed E-state index contributed by atoms with van der Waals surface area (Å²) in [6.07, 6.45) is 2.57. The Bertz CT molecular complexity index is 859. The lowest BCUT2D eigenvalue weighted by Crippen LogP contribution is -2.29. The van der Waals surface area contributed by atoms with Gasteiger partial charge in [0, 0.05) is 23.8 Å². The Morgan fingerprint density at radius 2 is 2.29 bits per heavy atom. The molecule has 0 unspecified atom stereocenters. The molecule has 7 heteroatoms. The third kappa shape index (κ3) is 2.67. The Morgan fingerprint density at radius 3 is 3.12 bits per heavy atom. The molecule has 0 bridgehead atoms. The number of amides is 1. The predicted molar refractivity (Wildman–Crippen MR) is 92.4 cm³/mol. The lowest BCUT2D eigenvalue weighted by atomic mass is 10.1. The predicted octanol–water partition coefficient (Wildman–Crippen LogP) is 3.33. The van der Waals surface area contributed by atoms with Gasteiger partial charge in [-0.25, -0.2) is 0 Å². The smallest absolute Gasteiger partial charge is 0.293 e. The largest absolute Gasteiger partial charge is 0.459 e. The fraction of sp³-hybridized carbons (Fsp3) is 0.235. The summed E-state index contributed by atoms with van der Waals surface area (Å²) in [5.74, 6) is 0.0219. The summed E-state index contributed by atoms with van der Waals surface area (Å²) in [6, 6.07) is 10.6. The van der Waals surface area contributed by atoms with E-state index in [4.69, 9.17) is 4.42 Å². The molecule has 4 rings (SSSR count). The minimum Gasteiger partial charge on any atom is -0.459 e. The molecule has 1 aromatic carbocycles. The first-order valence-corrected chi connectivity index (χ1v) is 8.59. The van der Waals surface area contributed by atoms with Gasteiger partial charge >= 0.3 is 0 Å². The number of nitrogens with one attached hydrogen (secondary N) is 1. The highest BCUT2D eigenvalue weighted by atomic mass is 32.1. The second-order valence-electron chi connectivity index (χ2n) is 5.78. The monoisotopic (exact) mass is 340 g/mol. The van der Waals surface area contributed by atoms with Gasteiger partial charge in [0.15, 0.2) is 5.76 Å². The highest BCUT2D eigenvalue weighted by Crippen LogP contribution is 2.33. The molecule has 2 aromatic heterocycles. The van der Waals surface area contributed by atoms with E-state index in [0.29, 0.717) is 23.5 Å². The highest BCUT2D eigenvalue weighted by molar-refractivity contribution is 7.13. The zero-order valence-electron chi connectivity index (χ0n) is 13.1. The van der Waals surface area contributed by atoms with Crippen molar-refractivity contribution in [1.29, 1.82) is 0 Å². The zero-order valence-corrected chi connectivity index (χ0v) is 13.9.